The molecule has 4 rings (SSSR count). The van der Waals surface area contributed by atoms with Crippen molar-refractivity contribution >= 4 is 17.8 Å². The fourth-order valence-corrected chi connectivity index (χ4v) is 3.19. The standard InChI is InChI=1S/C27H23N3O6/c1-19(35-24-13-11-23(12-14-24)34-18-20-5-3-2-4-6-20)27(31)29-28-17-25-15-16-26(36-25)21-7-9-22(10-8-21)30(32)33/h2-17,19H,18H2,1H3,(H,29,31)/b28-17-/t19-/m1/s1. The Morgan fingerprint density at radius 2 is 1.69 bits per heavy atom. The molecule has 182 valence electrons. The maximum atomic E-state index is 12.3. The summed E-state index contributed by atoms with van der Waals surface area (Å²) in [4.78, 5) is 22.6. The van der Waals surface area contributed by atoms with E-state index in [0.29, 0.717) is 35.2 Å². The Balaban J connectivity index is 1.25. The Labute approximate surface area is 207 Å². The van der Waals surface area contributed by atoms with E-state index in [4.69, 9.17) is 13.9 Å². The second kappa shape index (κ2) is 11.5. The van der Waals surface area contributed by atoms with E-state index in [1.54, 1.807) is 55.5 Å². The summed E-state index contributed by atoms with van der Waals surface area (Å²) in [5.41, 5.74) is 4.17. The third kappa shape index (κ3) is 6.57. The molecule has 0 aliphatic heterocycles. The first-order valence-electron chi connectivity index (χ1n) is 11.1. The van der Waals surface area contributed by atoms with Crippen LogP contribution in [0, 0.1) is 10.1 Å². The average molecular weight is 485 g/mol. The minimum Gasteiger partial charge on any atom is -0.489 e. The van der Waals surface area contributed by atoms with Crippen molar-refractivity contribution in [1.29, 1.82) is 0 Å². The maximum Gasteiger partial charge on any atom is 0.280 e. The number of benzene rings is 3. The second-order valence-corrected chi connectivity index (χ2v) is 7.75. The Morgan fingerprint density at radius 1 is 1.00 bits per heavy atom. The summed E-state index contributed by atoms with van der Waals surface area (Å²) in [6, 6.07) is 26.3. The minimum atomic E-state index is -0.787. The van der Waals surface area contributed by atoms with Gasteiger partial charge >= 0.3 is 0 Å². The molecule has 0 aliphatic carbocycles. The molecule has 0 saturated heterocycles. The van der Waals surface area contributed by atoms with E-state index in [9.17, 15) is 14.9 Å². The number of carbonyl (C=O) groups excluding carboxylic acids is 1. The van der Waals surface area contributed by atoms with Crippen molar-refractivity contribution in [3.63, 3.8) is 0 Å². The summed E-state index contributed by atoms with van der Waals surface area (Å²) in [6.45, 7) is 2.08. The molecule has 0 radical (unpaired) electrons. The van der Waals surface area contributed by atoms with Gasteiger partial charge in [-0.15, -0.1) is 0 Å². The zero-order valence-corrected chi connectivity index (χ0v) is 19.4. The molecule has 1 amide bonds. The number of nitro groups is 1. The molecule has 4 aromatic rings. The number of non-ortho nitro benzene ring substituents is 1. The van der Waals surface area contributed by atoms with Crippen molar-refractivity contribution in [2.24, 2.45) is 5.10 Å². The number of ether oxygens (including phenoxy) is 2. The summed E-state index contributed by atoms with van der Waals surface area (Å²) in [6.07, 6.45) is 0.573. The van der Waals surface area contributed by atoms with Crippen LogP contribution in [0.4, 0.5) is 5.69 Å². The Morgan fingerprint density at radius 3 is 2.39 bits per heavy atom. The van der Waals surface area contributed by atoms with Gasteiger partial charge in [-0.2, -0.15) is 5.10 Å². The van der Waals surface area contributed by atoms with Crippen LogP contribution in [0.1, 0.15) is 18.2 Å². The topological polar surface area (TPSA) is 116 Å². The lowest BCUT2D eigenvalue weighted by Crippen LogP contribution is -2.33. The van der Waals surface area contributed by atoms with Crippen molar-refractivity contribution < 1.29 is 23.6 Å². The van der Waals surface area contributed by atoms with Gasteiger partial charge in [-0.05, 0) is 61.0 Å². The number of nitro benzene ring substituents is 1. The lowest BCUT2D eigenvalue weighted by molar-refractivity contribution is -0.384. The molecule has 0 fully saturated rings. The third-order valence-corrected chi connectivity index (χ3v) is 5.11. The lowest BCUT2D eigenvalue weighted by atomic mass is 10.1. The van der Waals surface area contributed by atoms with Gasteiger partial charge in [-0.3, -0.25) is 14.9 Å². The van der Waals surface area contributed by atoms with Gasteiger partial charge in [0.05, 0.1) is 11.1 Å². The number of furan rings is 1. The molecule has 9 heteroatoms. The second-order valence-electron chi connectivity index (χ2n) is 7.75. The van der Waals surface area contributed by atoms with Gasteiger partial charge in [0.15, 0.2) is 6.10 Å². The molecule has 1 N–H and O–H groups in total. The average Bonchev–Trinajstić information content (AvgIpc) is 3.38. The van der Waals surface area contributed by atoms with E-state index in [1.165, 1.54) is 18.3 Å². The Kier molecular flexibility index (Phi) is 7.72. The molecule has 1 heterocycles. The molecule has 0 unspecified atom stereocenters. The highest BCUT2D eigenvalue weighted by Gasteiger charge is 2.14. The van der Waals surface area contributed by atoms with Gasteiger partial charge in [-0.25, -0.2) is 5.43 Å². The SMILES string of the molecule is C[C@@H](Oc1ccc(OCc2ccccc2)cc1)C(=O)N/N=C\c1ccc(-c2ccc([N+](=O)[O-])cc2)o1. The van der Waals surface area contributed by atoms with Gasteiger partial charge in [-0.1, -0.05) is 30.3 Å². The molecule has 1 aromatic heterocycles. The van der Waals surface area contributed by atoms with Crippen molar-refractivity contribution in [2.45, 2.75) is 19.6 Å². The summed E-state index contributed by atoms with van der Waals surface area (Å²) in [5, 5.41) is 14.7. The minimum absolute atomic E-state index is 0.00141. The molecule has 0 aliphatic rings. The number of hydrogen-bond donors (Lipinski definition) is 1. The van der Waals surface area contributed by atoms with E-state index in [1.807, 2.05) is 30.3 Å². The number of rotatable bonds is 10. The fourth-order valence-electron chi connectivity index (χ4n) is 3.19. The Hall–Kier alpha value is -4.92. The molecule has 36 heavy (non-hydrogen) atoms. The smallest absolute Gasteiger partial charge is 0.280 e. The van der Waals surface area contributed by atoms with Crippen molar-refractivity contribution in [3.05, 3.63) is 112 Å². The van der Waals surface area contributed by atoms with Crippen molar-refractivity contribution in [2.75, 3.05) is 0 Å². The van der Waals surface area contributed by atoms with Gasteiger partial charge in [0.1, 0.15) is 29.6 Å². The quantitative estimate of drug-likeness (QED) is 0.184. The highest BCUT2D eigenvalue weighted by Crippen LogP contribution is 2.24. The van der Waals surface area contributed by atoms with E-state index < -0.39 is 16.9 Å². The largest absolute Gasteiger partial charge is 0.489 e. The van der Waals surface area contributed by atoms with Crippen LogP contribution in [-0.2, 0) is 11.4 Å². The van der Waals surface area contributed by atoms with Crippen LogP contribution < -0.4 is 14.9 Å². The number of amides is 1. The molecular weight excluding hydrogens is 462 g/mol. The third-order valence-electron chi connectivity index (χ3n) is 5.11. The van der Waals surface area contributed by atoms with Crippen LogP contribution in [-0.4, -0.2) is 23.1 Å². The summed E-state index contributed by atoms with van der Waals surface area (Å²) >= 11 is 0. The number of nitrogens with zero attached hydrogens (tertiary/aromatic N) is 2. The monoisotopic (exact) mass is 485 g/mol. The van der Waals surface area contributed by atoms with Gasteiger partial charge in [0, 0.05) is 17.7 Å². The number of hydrazone groups is 1. The van der Waals surface area contributed by atoms with Crippen LogP contribution >= 0.6 is 0 Å². The van der Waals surface area contributed by atoms with E-state index >= 15 is 0 Å². The number of hydrogen-bond acceptors (Lipinski definition) is 7. The molecule has 1 atom stereocenters. The number of nitrogens with one attached hydrogen (secondary N) is 1. The first-order valence-corrected chi connectivity index (χ1v) is 11.1. The highest BCUT2D eigenvalue weighted by atomic mass is 16.6. The zero-order chi connectivity index (χ0) is 25.3. The fraction of sp³-hybridized carbons (Fsp3) is 0.111. The van der Waals surface area contributed by atoms with Crippen LogP contribution in [0.25, 0.3) is 11.3 Å². The van der Waals surface area contributed by atoms with Gasteiger partial charge in [0.2, 0.25) is 0 Å². The molecular formula is C27H23N3O6. The summed E-state index contributed by atoms with van der Waals surface area (Å²) in [5.74, 6) is 1.71. The van der Waals surface area contributed by atoms with Crippen LogP contribution in [0.5, 0.6) is 11.5 Å². The van der Waals surface area contributed by atoms with Crippen molar-refractivity contribution in [1.82, 2.24) is 5.43 Å². The summed E-state index contributed by atoms with van der Waals surface area (Å²) < 4.78 is 17.1. The first-order chi connectivity index (χ1) is 17.5. The zero-order valence-electron chi connectivity index (χ0n) is 19.4. The van der Waals surface area contributed by atoms with Crippen LogP contribution in [0.2, 0.25) is 0 Å². The summed E-state index contributed by atoms with van der Waals surface area (Å²) in [7, 11) is 0. The van der Waals surface area contributed by atoms with Crippen molar-refractivity contribution in [3.8, 4) is 22.8 Å². The highest BCUT2D eigenvalue weighted by molar-refractivity contribution is 5.83. The van der Waals surface area contributed by atoms with E-state index in [-0.39, 0.29) is 5.69 Å². The molecule has 0 bridgehead atoms. The van der Waals surface area contributed by atoms with Crippen LogP contribution in [0.15, 0.2) is 101 Å². The molecule has 9 nitrogen and oxygen atoms in total. The lowest BCUT2D eigenvalue weighted by Gasteiger charge is -2.13. The maximum absolute atomic E-state index is 12.3. The van der Waals surface area contributed by atoms with Crippen LogP contribution in [0.3, 0.4) is 0 Å². The molecule has 0 spiro atoms. The first kappa shape index (κ1) is 24.2. The molecule has 3 aromatic carbocycles. The van der Waals surface area contributed by atoms with E-state index in [0.717, 1.165) is 5.56 Å². The van der Waals surface area contributed by atoms with Gasteiger partial charge in [0.25, 0.3) is 11.6 Å². The predicted molar refractivity (Wildman–Crippen MR) is 134 cm³/mol. The normalized spacial score (nSPS) is 11.7. The Bertz CT molecular complexity index is 1330. The van der Waals surface area contributed by atoms with Gasteiger partial charge < -0.3 is 13.9 Å². The van der Waals surface area contributed by atoms with E-state index in [2.05, 4.69) is 10.5 Å². The molecule has 0 saturated carbocycles. The number of carbonyl (C=O) groups is 1. The predicted octanol–water partition coefficient (Wildman–Crippen LogP) is 5.35.